The average molecular weight is 281 g/mol. The van der Waals surface area contributed by atoms with Crippen LogP contribution in [0.15, 0.2) is 41.7 Å². The number of aromatic carboxylic acids is 1. The standard InChI is InChI=1S/C12H9ClN2O2S/c13-9-2-4-11(15-6-9)18-7-10-3-1-8(5-14-10)12(16)17/h1-6H,7H2,(H,16,17). The Hall–Kier alpha value is -1.59. The summed E-state index contributed by atoms with van der Waals surface area (Å²) in [6.45, 7) is 0. The highest BCUT2D eigenvalue weighted by atomic mass is 35.5. The fourth-order valence-electron chi connectivity index (χ4n) is 1.23. The highest BCUT2D eigenvalue weighted by Crippen LogP contribution is 2.20. The van der Waals surface area contributed by atoms with Crippen molar-refractivity contribution in [1.82, 2.24) is 9.97 Å². The van der Waals surface area contributed by atoms with Crippen LogP contribution in [0, 0.1) is 0 Å². The second-order valence-electron chi connectivity index (χ2n) is 3.45. The molecule has 0 saturated heterocycles. The molecule has 0 saturated carbocycles. The summed E-state index contributed by atoms with van der Waals surface area (Å²) in [7, 11) is 0. The van der Waals surface area contributed by atoms with Gasteiger partial charge in [-0.25, -0.2) is 9.78 Å². The van der Waals surface area contributed by atoms with E-state index in [9.17, 15) is 4.79 Å². The first-order chi connectivity index (χ1) is 8.65. The van der Waals surface area contributed by atoms with Crippen molar-refractivity contribution in [1.29, 1.82) is 0 Å². The van der Waals surface area contributed by atoms with Crippen molar-refractivity contribution in [2.24, 2.45) is 0 Å². The van der Waals surface area contributed by atoms with Gasteiger partial charge >= 0.3 is 5.97 Å². The minimum Gasteiger partial charge on any atom is -0.478 e. The van der Waals surface area contributed by atoms with E-state index in [1.807, 2.05) is 6.07 Å². The number of carbonyl (C=O) groups is 1. The number of thioether (sulfide) groups is 1. The molecule has 92 valence electrons. The predicted octanol–water partition coefficient (Wildman–Crippen LogP) is 3.12. The zero-order valence-electron chi connectivity index (χ0n) is 9.21. The Morgan fingerprint density at radius 2 is 2.06 bits per heavy atom. The van der Waals surface area contributed by atoms with E-state index in [4.69, 9.17) is 16.7 Å². The van der Waals surface area contributed by atoms with Crippen molar-refractivity contribution in [3.05, 3.63) is 52.9 Å². The molecule has 0 aliphatic heterocycles. The van der Waals surface area contributed by atoms with Crippen LogP contribution in [0.4, 0.5) is 0 Å². The lowest BCUT2D eigenvalue weighted by Crippen LogP contribution is -1.98. The van der Waals surface area contributed by atoms with Crippen LogP contribution in [0.5, 0.6) is 0 Å². The molecule has 0 radical (unpaired) electrons. The number of hydrogen-bond acceptors (Lipinski definition) is 4. The normalized spacial score (nSPS) is 10.3. The fraction of sp³-hybridized carbons (Fsp3) is 0.0833. The van der Waals surface area contributed by atoms with Crippen LogP contribution in [0.25, 0.3) is 0 Å². The minimum absolute atomic E-state index is 0.188. The third kappa shape index (κ3) is 3.45. The van der Waals surface area contributed by atoms with E-state index in [1.165, 1.54) is 18.0 Å². The zero-order valence-corrected chi connectivity index (χ0v) is 10.8. The number of carboxylic acids is 1. The molecule has 2 heterocycles. The van der Waals surface area contributed by atoms with Gasteiger partial charge in [0.25, 0.3) is 0 Å². The molecular formula is C12H9ClN2O2S. The van der Waals surface area contributed by atoms with Gasteiger partial charge in [0, 0.05) is 18.1 Å². The van der Waals surface area contributed by atoms with Crippen LogP contribution in [-0.4, -0.2) is 21.0 Å². The fourth-order valence-corrected chi connectivity index (χ4v) is 2.10. The molecular weight excluding hydrogens is 272 g/mol. The predicted molar refractivity (Wildman–Crippen MR) is 70.0 cm³/mol. The molecule has 2 rings (SSSR count). The number of aromatic nitrogens is 2. The maximum Gasteiger partial charge on any atom is 0.337 e. The molecule has 18 heavy (non-hydrogen) atoms. The molecule has 0 bridgehead atoms. The Bertz CT molecular complexity index is 543. The molecule has 1 N–H and O–H groups in total. The number of nitrogens with zero attached hydrogens (tertiary/aromatic N) is 2. The summed E-state index contributed by atoms with van der Waals surface area (Å²) in [5.41, 5.74) is 0.995. The number of carboxylic acid groups (broad SMARTS) is 1. The van der Waals surface area contributed by atoms with Gasteiger partial charge in [0.1, 0.15) is 0 Å². The second-order valence-corrected chi connectivity index (χ2v) is 4.88. The maximum absolute atomic E-state index is 10.7. The molecule has 2 aromatic heterocycles. The van der Waals surface area contributed by atoms with Gasteiger partial charge in [0.15, 0.2) is 0 Å². The van der Waals surface area contributed by atoms with Crippen LogP contribution in [0.2, 0.25) is 5.02 Å². The lowest BCUT2D eigenvalue weighted by molar-refractivity contribution is 0.0696. The van der Waals surface area contributed by atoms with Gasteiger partial charge in [-0.2, -0.15) is 0 Å². The molecule has 0 atom stereocenters. The van der Waals surface area contributed by atoms with Crippen molar-refractivity contribution in [3.8, 4) is 0 Å². The zero-order chi connectivity index (χ0) is 13.0. The van der Waals surface area contributed by atoms with E-state index in [2.05, 4.69) is 9.97 Å². The van der Waals surface area contributed by atoms with Gasteiger partial charge < -0.3 is 5.11 Å². The van der Waals surface area contributed by atoms with Crippen molar-refractivity contribution in [2.75, 3.05) is 0 Å². The van der Waals surface area contributed by atoms with Crippen LogP contribution in [0.3, 0.4) is 0 Å². The van der Waals surface area contributed by atoms with E-state index in [1.54, 1.807) is 24.4 Å². The summed E-state index contributed by atoms with van der Waals surface area (Å²) in [4.78, 5) is 18.9. The smallest absolute Gasteiger partial charge is 0.337 e. The molecule has 2 aromatic rings. The molecule has 0 aliphatic carbocycles. The van der Waals surface area contributed by atoms with Gasteiger partial charge in [-0.05, 0) is 24.3 Å². The van der Waals surface area contributed by atoms with Crippen LogP contribution in [-0.2, 0) is 5.75 Å². The van der Waals surface area contributed by atoms with Crippen LogP contribution in [0.1, 0.15) is 16.1 Å². The van der Waals surface area contributed by atoms with Gasteiger partial charge in [0.05, 0.1) is 21.3 Å². The number of pyridine rings is 2. The third-order valence-electron chi connectivity index (χ3n) is 2.14. The highest BCUT2D eigenvalue weighted by molar-refractivity contribution is 7.98. The molecule has 0 amide bonds. The first kappa shape index (κ1) is 12.9. The maximum atomic E-state index is 10.7. The van der Waals surface area contributed by atoms with E-state index in [-0.39, 0.29) is 5.56 Å². The van der Waals surface area contributed by atoms with Gasteiger partial charge in [0.2, 0.25) is 0 Å². The van der Waals surface area contributed by atoms with Crippen molar-refractivity contribution in [2.45, 2.75) is 10.8 Å². The van der Waals surface area contributed by atoms with Crippen LogP contribution < -0.4 is 0 Å². The Labute approximate surface area is 113 Å². The molecule has 0 aliphatic rings. The summed E-state index contributed by atoms with van der Waals surface area (Å²) in [6, 6.07) is 6.85. The number of hydrogen-bond donors (Lipinski definition) is 1. The van der Waals surface area contributed by atoms with E-state index >= 15 is 0 Å². The third-order valence-corrected chi connectivity index (χ3v) is 3.34. The van der Waals surface area contributed by atoms with E-state index < -0.39 is 5.97 Å². The first-order valence-corrected chi connectivity index (χ1v) is 6.44. The summed E-state index contributed by atoms with van der Waals surface area (Å²) < 4.78 is 0. The Balaban J connectivity index is 1.97. The number of rotatable bonds is 4. The molecule has 0 unspecified atom stereocenters. The molecule has 6 heteroatoms. The molecule has 0 spiro atoms. The molecule has 0 aromatic carbocycles. The topological polar surface area (TPSA) is 63.1 Å². The molecule has 0 fully saturated rings. The Morgan fingerprint density at radius 3 is 2.61 bits per heavy atom. The summed E-state index contributed by atoms with van der Waals surface area (Å²) in [5, 5.41) is 10.2. The number of halogens is 1. The first-order valence-electron chi connectivity index (χ1n) is 5.08. The quantitative estimate of drug-likeness (QED) is 0.872. The largest absolute Gasteiger partial charge is 0.478 e. The highest BCUT2D eigenvalue weighted by Gasteiger charge is 2.03. The lowest BCUT2D eigenvalue weighted by atomic mass is 10.2. The summed E-state index contributed by atoms with van der Waals surface area (Å²) >= 11 is 7.25. The van der Waals surface area contributed by atoms with Gasteiger partial charge in [-0.1, -0.05) is 11.6 Å². The summed E-state index contributed by atoms with van der Waals surface area (Å²) in [6.07, 6.45) is 2.94. The van der Waals surface area contributed by atoms with Crippen molar-refractivity contribution >= 4 is 29.3 Å². The second kappa shape index (κ2) is 5.84. The summed E-state index contributed by atoms with van der Waals surface area (Å²) in [5.74, 6) is -0.338. The van der Waals surface area contributed by atoms with Crippen molar-refractivity contribution < 1.29 is 9.90 Å². The minimum atomic E-state index is -0.971. The van der Waals surface area contributed by atoms with E-state index in [0.717, 1.165) is 10.7 Å². The lowest BCUT2D eigenvalue weighted by Gasteiger charge is -2.01. The van der Waals surface area contributed by atoms with E-state index in [0.29, 0.717) is 10.8 Å². The molecule has 4 nitrogen and oxygen atoms in total. The SMILES string of the molecule is O=C(O)c1ccc(CSc2ccc(Cl)cn2)nc1. The van der Waals surface area contributed by atoms with Gasteiger partial charge in [-0.15, -0.1) is 11.8 Å². The Morgan fingerprint density at radius 1 is 1.22 bits per heavy atom. The average Bonchev–Trinajstić information content (AvgIpc) is 2.38. The monoisotopic (exact) mass is 280 g/mol. The van der Waals surface area contributed by atoms with Crippen molar-refractivity contribution in [3.63, 3.8) is 0 Å². The van der Waals surface area contributed by atoms with Crippen LogP contribution >= 0.6 is 23.4 Å². The van der Waals surface area contributed by atoms with Gasteiger partial charge in [-0.3, -0.25) is 4.98 Å². The Kier molecular flexibility index (Phi) is 4.17.